The average Bonchev–Trinajstić information content (AvgIpc) is 3.32. The minimum absolute atomic E-state index is 0.392. The lowest BCUT2D eigenvalue weighted by Crippen LogP contribution is -2.28. The van der Waals surface area contributed by atoms with Crippen LogP contribution in [-0.2, 0) is 25.3 Å². The Hall–Kier alpha value is -2.42. The van der Waals surface area contributed by atoms with Gasteiger partial charge in [-0.1, -0.05) is 23.8 Å². The first-order valence-corrected chi connectivity index (χ1v) is 11.4. The molecule has 2 aliphatic rings. The minimum atomic E-state index is -1.51. The van der Waals surface area contributed by atoms with Crippen molar-refractivity contribution in [1.82, 2.24) is 4.31 Å². The van der Waals surface area contributed by atoms with E-state index in [4.69, 9.17) is 18.9 Å². The van der Waals surface area contributed by atoms with Crippen LogP contribution in [-0.4, -0.2) is 39.2 Å². The lowest BCUT2D eigenvalue weighted by atomic mass is 10.1. The first kappa shape index (κ1) is 21.8. The number of benzene rings is 2. The third-order valence-corrected chi connectivity index (χ3v) is 6.39. The fourth-order valence-electron chi connectivity index (χ4n) is 3.45. The van der Waals surface area contributed by atoms with Crippen LogP contribution in [0, 0.1) is 6.92 Å². The molecule has 0 aliphatic carbocycles. The molecular formula is C23H27NO6S. The van der Waals surface area contributed by atoms with Gasteiger partial charge in [0.2, 0.25) is 0 Å². The molecule has 2 heterocycles. The van der Waals surface area contributed by atoms with Crippen molar-refractivity contribution in [1.29, 1.82) is 0 Å². The van der Waals surface area contributed by atoms with Crippen LogP contribution < -0.4 is 9.47 Å². The molecule has 7 nitrogen and oxygen atoms in total. The Morgan fingerprint density at radius 3 is 2.42 bits per heavy atom. The van der Waals surface area contributed by atoms with Gasteiger partial charge in [-0.05, 0) is 64.4 Å². The number of hydrogen-bond donors (Lipinski definition) is 0. The van der Waals surface area contributed by atoms with Gasteiger partial charge >= 0.3 is 12.4 Å². The lowest BCUT2D eigenvalue weighted by molar-refractivity contribution is -0.173. The lowest BCUT2D eigenvalue weighted by Gasteiger charge is -2.19. The average molecular weight is 446 g/mol. The van der Waals surface area contributed by atoms with Crippen molar-refractivity contribution in [2.24, 2.45) is 0 Å². The van der Waals surface area contributed by atoms with E-state index in [-0.39, 0.29) is 0 Å². The highest BCUT2D eigenvalue weighted by molar-refractivity contribution is 7.83. The van der Waals surface area contributed by atoms with Crippen molar-refractivity contribution >= 4 is 17.0 Å². The second-order valence-corrected chi connectivity index (χ2v) is 9.92. The summed E-state index contributed by atoms with van der Waals surface area (Å²) in [6, 6.07) is 11.8. The van der Waals surface area contributed by atoms with E-state index in [1.807, 2.05) is 71.0 Å². The second-order valence-electron chi connectivity index (χ2n) is 8.53. The molecule has 0 spiro atoms. The van der Waals surface area contributed by atoms with Crippen LogP contribution in [0.25, 0.3) is 0 Å². The number of esters is 1. The summed E-state index contributed by atoms with van der Waals surface area (Å²) in [6.07, 6.45) is 0. The fraction of sp³-hybridized carbons (Fsp3) is 0.435. The molecule has 31 heavy (non-hydrogen) atoms. The van der Waals surface area contributed by atoms with Crippen molar-refractivity contribution in [2.45, 2.75) is 63.7 Å². The standard InChI is InChI=1S/C23H27NO6S/c1-6-27-22-28-17-12-9-15(13-18(17)29-22)19-20(21(25)30-23(3,4)5)24(19)31(26)16-10-7-14(2)8-11-16/h7-13,19-20,22H,6H2,1-5H3. The number of hydrogen-bond acceptors (Lipinski definition) is 6. The number of carbonyl (C=O) groups excluding carboxylic acids is 1. The Balaban J connectivity index is 1.61. The van der Waals surface area contributed by atoms with E-state index in [2.05, 4.69) is 0 Å². The molecule has 1 saturated heterocycles. The van der Waals surface area contributed by atoms with E-state index >= 15 is 0 Å². The third-order valence-electron chi connectivity index (χ3n) is 4.88. The minimum Gasteiger partial charge on any atom is -0.459 e. The first-order valence-electron chi connectivity index (χ1n) is 10.3. The predicted octanol–water partition coefficient (Wildman–Crippen LogP) is 3.88. The maximum atomic E-state index is 13.3. The zero-order chi connectivity index (χ0) is 22.3. The van der Waals surface area contributed by atoms with E-state index in [1.165, 1.54) is 0 Å². The van der Waals surface area contributed by atoms with Crippen molar-refractivity contribution in [3.8, 4) is 11.5 Å². The fourth-order valence-corrected chi connectivity index (χ4v) is 4.86. The van der Waals surface area contributed by atoms with Gasteiger partial charge in [0.1, 0.15) is 22.6 Å². The summed E-state index contributed by atoms with van der Waals surface area (Å²) in [7, 11) is -1.51. The first-order chi connectivity index (χ1) is 14.7. The highest BCUT2D eigenvalue weighted by Gasteiger charge is 2.59. The SMILES string of the molecule is CCOC1Oc2ccc(C3C(C(=O)OC(C)(C)C)N3S(=O)c3ccc(C)cc3)cc2O1. The van der Waals surface area contributed by atoms with Crippen LogP contribution in [0.4, 0.5) is 0 Å². The quantitative estimate of drug-likeness (QED) is 0.496. The maximum absolute atomic E-state index is 13.3. The molecule has 5 atom stereocenters. The Morgan fingerprint density at radius 1 is 1.10 bits per heavy atom. The van der Waals surface area contributed by atoms with Gasteiger partial charge < -0.3 is 18.9 Å². The van der Waals surface area contributed by atoms with Gasteiger partial charge in [0.05, 0.1) is 17.5 Å². The van der Waals surface area contributed by atoms with Crippen LogP contribution in [0.15, 0.2) is 47.4 Å². The summed E-state index contributed by atoms with van der Waals surface area (Å²) < 4.78 is 37.2. The zero-order valence-electron chi connectivity index (χ0n) is 18.3. The highest BCUT2D eigenvalue weighted by Crippen LogP contribution is 2.49. The number of ether oxygens (including phenoxy) is 4. The van der Waals surface area contributed by atoms with Crippen LogP contribution in [0.2, 0.25) is 0 Å². The van der Waals surface area contributed by atoms with E-state index < -0.39 is 41.1 Å². The topological polar surface area (TPSA) is 74.1 Å². The summed E-state index contributed by atoms with van der Waals surface area (Å²) in [6.45, 7) is 8.95. The van der Waals surface area contributed by atoms with E-state index in [1.54, 1.807) is 10.4 Å². The van der Waals surface area contributed by atoms with Crippen LogP contribution in [0.3, 0.4) is 0 Å². The highest BCUT2D eigenvalue weighted by atomic mass is 32.2. The molecule has 0 bridgehead atoms. The predicted molar refractivity (Wildman–Crippen MR) is 115 cm³/mol. The smallest absolute Gasteiger partial charge is 0.361 e. The Morgan fingerprint density at radius 2 is 1.77 bits per heavy atom. The van der Waals surface area contributed by atoms with Crippen LogP contribution in [0.5, 0.6) is 11.5 Å². The van der Waals surface area contributed by atoms with Crippen LogP contribution in [0.1, 0.15) is 44.9 Å². The number of nitrogens with zero attached hydrogens (tertiary/aromatic N) is 1. The van der Waals surface area contributed by atoms with Gasteiger partial charge in [0.15, 0.2) is 11.5 Å². The molecule has 0 N–H and O–H groups in total. The largest absolute Gasteiger partial charge is 0.459 e. The molecule has 8 heteroatoms. The molecule has 4 rings (SSSR count). The molecule has 0 saturated carbocycles. The third kappa shape index (κ3) is 4.61. The summed E-state index contributed by atoms with van der Waals surface area (Å²) in [5.41, 5.74) is 1.24. The van der Waals surface area contributed by atoms with E-state index in [0.717, 1.165) is 11.1 Å². The molecule has 2 aliphatic heterocycles. The number of aryl methyl sites for hydroxylation is 1. The Kier molecular flexibility index (Phi) is 5.81. The van der Waals surface area contributed by atoms with Crippen molar-refractivity contribution < 1.29 is 28.0 Å². The molecule has 2 aromatic rings. The summed E-state index contributed by atoms with van der Waals surface area (Å²) in [4.78, 5) is 13.5. The summed E-state index contributed by atoms with van der Waals surface area (Å²) in [5.74, 6) is 0.706. The number of carbonyl (C=O) groups is 1. The maximum Gasteiger partial charge on any atom is 0.361 e. The molecule has 0 radical (unpaired) electrons. The molecule has 0 amide bonds. The normalized spacial score (nSPS) is 25.2. The molecule has 1 fully saturated rings. The molecule has 2 aromatic carbocycles. The van der Waals surface area contributed by atoms with Gasteiger partial charge in [-0.2, -0.15) is 4.31 Å². The molecule has 166 valence electrons. The molecular weight excluding hydrogens is 418 g/mol. The van der Waals surface area contributed by atoms with Gasteiger partial charge in [0, 0.05) is 0 Å². The second kappa shape index (κ2) is 8.26. The summed E-state index contributed by atoms with van der Waals surface area (Å²) >= 11 is 0. The summed E-state index contributed by atoms with van der Waals surface area (Å²) in [5, 5.41) is 0. The van der Waals surface area contributed by atoms with Crippen LogP contribution >= 0.6 is 0 Å². The molecule has 5 unspecified atom stereocenters. The zero-order valence-corrected chi connectivity index (χ0v) is 19.1. The van der Waals surface area contributed by atoms with Gasteiger partial charge in [-0.15, -0.1) is 0 Å². The van der Waals surface area contributed by atoms with Crippen molar-refractivity contribution in [3.63, 3.8) is 0 Å². The van der Waals surface area contributed by atoms with E-state index in [0.29, 0.717) is 23.0 Å². The number of rotatable bonds is 6. The number of fused-ring (bicyclic) bond motifs is 1. The Bertz CT molecular complexity index is 1000. The van der Waals surface area contributed by atoms with E-state index in [9.17, 15) is 9.00 Å². The molecule has 0 aromatic heterocycles. The van der Waals surface area contributed by atoms with Gasteiger partial charge in [0.25, 0.3) is 0 Å². The van der Waals surface area contributed by atoms with Gasteiger partial charge in [-0.3, -0.25) is 4.79 Å². The Labute approximate surface area is 184 Å². The van der Waals surface area contributed by atoms with Crippen molar-refractivity contribution in [2.75, 3.05) is 6.61 Å². The van der Waals surface area contributed by atoms with Crippen molar-refractivity contribution in [3.05, 3.63) is 53.6 Å². The monoisotopic (exact) mass is 445 g/mol. The van der Waals surface area contributed by atoms with Gasteiger partial charge in [-0.25, -0.2) is 4.21 Å².